The number of aromatic carboxylic acids is 1. The number of carbonyl (C=O) groups is 2. The molecule has 0 aliphatic carbocycles. The van der Waals surface area contributed by atoms with Gasteiger partial charge in [-0.15, -0.1) is 0 Å². The van der Waals surface area contributed by atoms with Crippen LogP contribution in [0, 0.1) is 0 Å². The van der Waals surface area contributed by atoms with Crippen molar-refractivity contribution in [2.75, 3.05) is 0 Å². The van der Waals surface area contributed by atoms with Gasteiger partial charge in [-0.25, -0.2) is 10.2 Å². The van der Waals surface area contributed by atoms with Gasteiger partial charge in [-0.05, 0) is 37.3 Å². The number of nitrogens with zero attached hydrogens (tertiary/aromatic N) is 1. The fraction of sp³-hybridized carbons (Fsp3) is 0.0625. The number of hydrogen-bond donors (Lipinski definition) is 2. The van der Waals surface area contributed by atoms with Crippen LogP contribution in [0.1, 0.15) is 23.0 Å². The Balaban J connectivity index is 1.93. The van der Waals surface area contributed by atoms with Gasteiger partial charge in [0.15, 0.2) is 0 Å². The third kappa shape index (κ3) is 2.54. The van der Waals surface area contributed by atoms with E-state index < -0.39 is 5.97 Å². The molecule has 0 saturated carbocycles. The van der Waals surface area contributed by atoms with Crippen molar-refractivity contribution in [1.82, 2.24) is 5.43 Å². The van der Waals surface area contributed by atoms with Gasteiger partial charge in [0, 0.05) is 5.56 Å². The van der Waals surface area contributed by atoms with Crippen LogP contribution in [0.3, 0.4) is 0 Å². The molecule has 0 atom stereocenters. The number of hydrogen-bond acceptors (Lipinski definition) is 4. The quantitative estimate of drug-likeness (QED) is 0.851. The van der Waals surface area contributed by atoms with Crippen LogP contribution in [0.4, 0.5) is 0 Å². The van der Waals surface area contributed by atoms with E-state index in [2.05, 4.69) is 10.5 Å². The minimum absolute atomic E-state index is 0.187. The maximum atomic E-state index is 11.6. The summed E-state index contributed by atoms with van der Waals surface area (Å²) in [6.45, 7) is 1.73. The molecule has 1 aromatic carbocycles. The zero-order valence-electron chi connectivity index (χ0n) is 11.7. The van der Waals surface area contributed by atoms with Crippen LogP contribution in [-0.4, -0.2) is 22.7 Å². The molecule has 0 fully saturated rings. The molecular formula is C16H12N2O4. The molecule has 0 bridgehead atoms. The molecule has 2 N–H and O–H groups in total. The number of furan rings is 1. The van der Waals surface area contributed by atoms with Crippen molar-refractivity contribution in [3.63, 3.8) is 0 Å². The molecule has 6 nitrogen and oxygen atoms in total. The molecule has 0 saturated heterocycles. The van der Waals surface area contributed by atoms with Crippen LogP contribution in [0.15, 0.2) is 51.5 Å². The average Bonchev–Trinajstić information content (AvgIpc) is 3.10. The molecule has 2 aromatic rings. The van der Waals surface area contributed by atoms with Gasteiger partial charge in [0.05, 0.1) is 16.8 Å². The summed E-state index contributed by atoms with van der Waals surface area (Å²) in [5, 5.41) is 12.8. The Bertz CT molecular complexity index is 830. The van der Waals surface area contributed by atoms with Gasteiger partial charge in [-0.2, -0.15) is 5.10 Å². The summed E-state index contributed by atoms with van der Waals surface area (Å²) in [6, 6.07) is 9.91. The lowest BCUT2D eigenvalue weighted by atomic mass is 10.1. The first-order valence-electron chi connectivity index (χ1n) is 6.55. The number of nitrogens with one attached hydrogen (secondary N) is 1. The highest BCUT2D eigenvalue weighted by Gasteiger charge is 2.19. The minimum Gasteiger partial charge on any atom is -0.478 e. The normalized spacial score (nSPS) is 15.8. The Morgan fingerprint density at radius 2 is 2.14 bits per heavy atom. The SMILES string of the molecule is CC1=NNC(=O)C1=Cc1ccc(-c2cccc(C(=O)O)c2)o1. The standard InChI is InChI=1S/C16H12N2O4/c1-9-13(15(19)18-17-9)8-12-5-6-14(22-12)10-3-2-4-11(7-10)16(20)21/h2-8H,1H3,(H,18,19)(H,20,21). The van der Waals surface area contributed by atoms with Gasteiger partial charge < -0.3 is 9.52 Å². The van der Waals surface area contributed by atoms with E-state index in [1.54, 1.807) is 37.3 Å². The Hall–Kier alpha value is -3.15. The second kappa shape index (κ2) is 5.33. The second-order valence-corrected chi connectivity index (χ2v) is 4.78. The number of amides is 1. The van der Waals surface area contributed by atoms with Gasteiger partial charge in [0.2, 0.25) is 0 Å². The van der Waals surface area contributed by atoms with E-state index in [1.165, 1.54) is 12.1 Å². The summed E-state index contributed by atoms with van der Waals surface area (Å²) in [4.78, 5) is 22.6. The molecule has 0 radical (unpaired) electrons. The maximum Gasteiger partial charge on any atom is 0.335 e. The van der Waals surface area contributed by atoms with E-state index in [4.69, 9.17) is 9.52 Å². The second-order valence-electron chi connectivity index (χ2n) is 4.78. The van der Waals surface area contributed by atoms with Gasteiger partial charge in [-0.3, -0.25) is 4.79 Å². The molecule has 1 aliphatic heterocycles. The molecule has 1 amide bonds. The van der Waals surface area contributed by atoms with Crippen molar-refractivity contribution in [2.45, 2.75) is 6.92 Å². The van der Waals surface area contributed by atoms with Crippen LogP contribution >= 0.6 is 0 Å². The van der Waals surface area contributed by atoms with Crippen molar-refractivity contribution >= 4 is 23.7 Å². The fourth-order valence-electron chi connectivity index (χ4n) is 2.12. The first-order valence-corrected chi connectivity index (χ1v) is 6.55. The number of benzene rings is 1. The summed E-state index contributed by atoms with van der Waals surface area (Å²) < 4.78 is 5.66. The van der Waals surface area contributed by atoms with Crippen LogP contribution in [-0.2, 0) is 4.79 Å². The highest BCUT2D eigenvalue weighted by molar-refractivity contribution is 6.26. The van der Waals surface area contributed by atoms with E-state index in [0.717, 1.165) is 0 Å². The van der Waals surface area contributed by atoms with Crippen LogP contribution < -0.4 is 5.43 Å². The van der Waals surface area contributed by atoms with E-state index in [1.807, 2.05) is 0 Å². The van der Waals surface area contributed by atoms with Gasteiger partial charge in [0.25, 0.3) is 5.91 Å². The van der Waals surface area contributed by atoms with E-state index in [0.29, 0.717) is 28.4 Å². The predicted molar refractivity (Wildman–Crippen MR) is 80.3 cm³/mol. The molecule has 110 valence electrons. The van der Waals surface area contributed by atoms with Gasteiger partial charge in [-0.1, -0.05) is 12.1 Å². The van der Waals surface area contributed by atoms with Crippen molar-refractivity contribution < 1.29 is 19.1 Å². The fourth-order valence-corrected chi connectivity index (χ4v) is 2.12. The predicted octanol–water partition coefficient (Wildman–Crippen LogP) is 2.53. The molecule has 0 unspecified atom stereocenters. The smallest absolute Gasteiger partial charge is 0.335 e. The lowest BCUT2D eigenvalue weighted by Gasteiger charge is -1.99. The highest BCUT2D eigenvalue weighted by atomic mass is 16.4. The van der Waals surface area contributed by atoms with Gasteiger partial charge >= 0.3 is 5.97 Å². The van der Waals surface area contributed by atoms with E-state index in [9.17, 15) is 9.59 Å². The molecule has 6 heteroatoms. The van der Waals surface area contributed by atoms with Crippen molar-refractivity contribution in [2.24, 2.45) is 5.10 Å². The molecule has 0 spiro atoms. The zero-order chi connectivity index (χ0) is 15.7. The third-order valence-corrected chi connectivity index (χ3v) is 3.27. The summed E-state index contributed by atoms with van der Waals surface area (Å²) in [5.74, 6) is -0.242. The summed E-state index contributed by atoms with van der Waals surface area (Å²) >= 11 is 0. The van der Waals surface area contributed by atoms with E-state index >= 15 is 0 Å². The Kier molecular flexibility index (Phi) is 3.34. The molecule has 1 aliphatic rings. The third-order valence-electron chi connectivity index (χ3n) is 3.27. The van der Waals surface area contributed by atoms with Crippen molar-refractivity contribution in [3.05, 3.63) is 53.3 Å². The lowest BCUT2D eigenvalue weighted by molar-refractivity contribution is -0.116. The Morgan fingerprint density at radius 3 is 2.82 bits per heavy atom. The van der Waals surface area contributed by atoms with Crippen LogP contribution in [0.5, 0.6) is 0 Å². The highest BCUT2D eigenvalue weighted by Crippen LogP contribution is 2.25. The Morgan fingerprint density at radius 1 is 1.32 bits per heavy atom. The minimum atomic E-state index is -0.995. The zero-order valence-corrected chi connectivity index (χ0v) is 11.7. The topological polar surface area (TPSA) is 91.9 Å². The Labute approximate surface area is 125 Å². The largest absolute Gasteiger partial charge is 0.478 e. The maximum absolute atomic E-state index is 11.6. The lowest BCUT2D eigenvalue weighted by Crippen LogP contribution is -2.12. The summed E-state index contributed by atoms with van der Waals surface area (Å²) in [7, 11) is 0. The molecule has 22 heavy (non-hydrogen) atoms. The van der Waals surface area contributed by atoms with Crippen LogP contribution in [0.2, 0.25) is 0 Å². The molecule has 3 rings (SSSR count). The molecule has 1 aromatic heterocycles. The number of rotatable bonds is 3. The monoisotopic (exact) mass is 296 g/mol. The number of carbonyl (C=O) groups excluding carboxylic acids is 1. The summed E-state index contributed by atoms with van der Waals surface area (Å²) in [5.41, 5.74) is 4.25. The average molecular weight is 296 g/mol. The number of carboxylic acids is 1. The number of hydrazone groups is 1. The number of carboxylic acid groups (broad SMARTS) is 1. The van der Waals surface area contributed by atoms with Crippen molar-refractivity contribution in [3.8, 4) is 11.3 Å². The van der Waals surface area contributed by atoms with Crippen LogP contribution in [0.25, 0.3) is 17.4 Å². The first-order chi connectivity index (χ1) is 10.5. The van der Waals surface area contributed by atoms with Crippen molar-refractivity contribution in [1.29, 1.82) is 0 Å². The van der Waals surface area contributed by atoms with E-state index in [-0.39, 0.29) is 11.5 Å². The molecule has 2 heterocycles. The summed E-state index contributed by atoms with van der Waals surface area (Å²) in [6.07, 6.45) is 1.60. The molecular weight excluding hydrogens is 284 g/mol. The first kappa shape index (κ1) is 13.8. The van der Waals surface area contributed by atoms with Gasteiger partial charge in [0.1, 0.15) is 11.5 Å².